The third-order valence-corrected chi connectivity index (χ3v) is 6.31. The lowest BCUT2D eigenvalue weighted by Crippen LogP contribution is -2.39. The molecule has 1 unspecified atom stereocenters. The SMILES string of the molecule is CCC1CCCN(S(=O)(=O)c2ccc(C)c(CCl)c2)C1. The molecule has 5 heteroatoms. The Morgan fingerprint density at radius 1 is 1.40 bits per heavy atom. The molecule has 20 heavy (non-hydrogen) atoms. The minimum atomic E-state index is -3.38. The minimum Gasteiger partial charge on any atom is -0.207 e. The molecule has 0 aliphatic carbocycles. The second-order valence-corrected chi connectivity index (χ2v) is 7.71. The van der Waals surface area contributed by atoms with Crippen molar-refractivity contribution in [3.05, 3.63) is 29.3 Å². The van der Waals surface area contributed by atoms with Crippen molar-refractivity contribution in [2.45, 2.75) is 43.9 Å². The number of piperidine rings is 1. The van der Waals surface area contributed by atoms with E-state index in [1.807, 2.05) is 13.0 Å². The Balaban J connectivity index is 2.30. The molecule has 1 heterocycles. The summed E-state index contributed by atoms with van der Waals surface area (Å²) >= 11 is 5.88. The second kappa shape index (κ2) is 6.46. The number of hydrogen-bond acceptors (Lipinski definition) is 2. The maximum absolute atomic E-state index is 12.7. The third-order valence-electron chi connectivity index (χ3n) is 4.16. The van der Waals surface area contributed by atoms with E-state index in [1.165, 1.54) is 0 Å². The first-order valence-electron chi connectivity index (χ1n) is 7.14. The van der Waals surface area contributed by atoms with Crippen LogP contribution in [0.25, 0.3) is 0 Å². The van der Waals surface area contributed by atoms with Crippen molar-refractivity contribution in [1.82, 2.24) is 4.31 Å². The van der Waals surface area contributed by atoms with Crippen LogP contribution in [0.2, 0.25) is 0 Å². The summed E-state index contributed by atoms with van der Waals surface area (Å²) in [6, 6.07) is 5.25. The highest BCUT2D eigenvalue weighted by Gasteiger charge is 2.29. The summed E-state index contributed by atoms with van der Waals surface area (Å²) in [5, 5.41) is 0. The Bertz CT molecular complexity index is 571. The van der Waals surface area contributed by atoms with E-state index in [1.54, 1.807) is 16.4 Å². The number of benzene rings is 1. The average molecular weight is 316 g/mol. The molecule has 0 spiro atoms. The Morgan fingerprint density at radius 2 is 2.15 bits per heavy atom. The zero-order valence-corrected chi connectivity index (χ0v) is 13.7. The molecule has 0 bridgehead atoms. The van der Waals surface area contributed by atoms with Gasteiger partial charge in [-0.05, 0) is 48.9 Å². The fourth-order valence-electron chi connectivity index (χ4n) is 2.68. The summed E-state index contributed by atoms with van der Waals surface area (Å²) in [6.45, 7) is 5.34. The summed E-state index contributed by atoms with van der Waals surface area (Å²) in [5.74, 6) is 0.823. The smallest absolute Gasteiger partial charge is 0.207 e. The molecule has 0 N–H and O–H groups in total. The minimum absolute atomic E-state index is 0.340. The molecule has 112 valence electrons. The van der Waals surface area contributed by atoms with Crippen LogP contribution >= 0.6 is 11.6 Å². The van der Waals surface area contributed by atoms with Gasteiger partial charge in [-0.3, -0.25) is 0 Å². The first-order valence-corrected chi connectivity index (χ1v) is 9.12. The van der Waals surface area contributed by atoms with E-state index in [9.17, 15) is 8.42 Å². The molecule has 1 aromatic rings. The van der Waals surface area contributed by atoms with Gasteiger partial charge in [-0.1, -0.05) is 19.4 Å². The molecular formula is C15H22ClNO2S. The number of hydrogen-bond donors (Lipinski definition) is 0. The molecule has 0 aromatic heterocycles. The van der Waals surface area contributed by atoms with E-state index < -0.39 is 10.0 Å². The monoisotopic (exact) mass is 315 g/mol. The fourth-order valence-corrected chi connectivity index (χ4v) is 4.57. The van der Waals surface area contributed by atoms with Crippen molar-refractivity contribution < 1.29 is 8.42 Å². The first-order chi connectivity index (χ1) is 9.48. The zero-order valence-electron chi connectivity index (χ0n) is 12.1. The molecule has 2 rings (SSSR count). The maximum Gasteiger partial charge on any atom is 0.243 e. The summed E-state index contributed by atoms with van der Waals surface area (Å²) in [4.78, 5) is 0.371. The topological polar surface area (TPSA) is 37.4 Å². The van der Waals surface area contributed by atoms with E-state index in [0.717, 1.165) is 30.4 Å². The second-order valence-electron chi connectivity index (χ2n) is 5.50. The Labute approximate surface area is 127 Å². The summed E-state index contributed by atoms with van der Waals surface area (Å²) in [6.07, 6.45) is 3.11. The molecule has 3 nitrogen and oxygen atoms in total. The van der Waals surface area contributed by atoms with Crippen LogP contribution in [0, 0.1) is 12.8 Å². The van der Waals surface area contributed by atoms with E-state index >= 15 is 0 Å². The van der Waals surface area contributed by atoms with Crippen LogP contribution in [0.15, 0.2) is 23.1 Å². The quantitative estimate of drug-likeness (QED) is 0.797. The van der Waals surface area contributed by atoms with Gasteiger partial charge in [0, 0.05) is 19.0 Å². The van der Waals surface area contributed by atoms with Gasteiger partial charge >= 0.3 is 0 Å². The van der Waals surface area contributed by atoms with Gasteiger partial charge in [0.05, 0.1) is 4.90 Å². The normalized spacial score (nSPS) is 21.1. The molecule has 1 fully saturated rings. The van der Waals surface area contributed by atoms with Gasteiger partial charge in [0.2, 0.25) is 10.0 Å². The molecule has 0 saturated carbocycles. The Morgan fingerprint density at radius 3 is 2.80 bits per heavy atom. The fraction of sp³-hybridized carbons (Fsp3) is 0.600. The van der Waals surface area contributed by atoms with Crippen molar-refractivity contribution in [2.75, 3.05) is 13.1 Å². The predicted octanol–water partition coefficient (Wildman–Crippen LogP) is 3.54. The number of nitrogens with zero attached hydrogens (tertiary/aromatic N) is 1. The molecule has 1 aromatic carbocycles. The van der Waals surface area contributed by atoms with Gasteiger partial charge in [0.25, 0.3) is 0 Å². The molecule has 1 aliphatic rings. The number of rotatable bonds is 4. The summed E-state index contributed by atoms with van der Waals surface area (Å²) in [5.41, 5.74) is 1.92. The standard InChI is InChI=1S/C15H22ClNO2S/c1-3-13-5-4-8-17(11-13)20(18,19)15-7-6-12(2)14(9-15)10-16/h6-7,9,13H,3-5,8,10-11H2,1-2H3. The van der Waals surface area contributed by atoms with E-state index in [4.69, 9.17) is 11.6 Å². The van der Waals surface area contributed by atoms with E-state index in [0.29, 0.717) is 29.8 Å². The van der Waals surface area contributed by atoms with Crippen LogP contribution in [0.3, 0.4) is 0 Å². The van der Waals surface area contributed by atoms with Crippen LogP contribution < -0.4 is 0 Å². The van der Waals surface area contributed by atoms with Crippen LogP contribution in [0.1, 0.15) is 37.3 Å². The van der Waals surface area contributed by atoms with Gasteiger partial charge in [-0.25, -0.2) is 8.42 Å². The van der Waals surface area contributed by atoms with Crippen molar-refractivity contribution in [3.8, 4) is 0 Å². The lowest BCUT2D eigenvalue weighted by Gasteiger charge is -2.31. The number of alkyl halides is 1. The highest BCUT2D eigenvalue weighted by molar-refractivity contribution is 7.89. The average Bonchev–Trinajstić information content (AvgIpc) is 2.47. The first kappa shape index (κ1) is 15.8. The summed E-state index contributed by atoms with van der Waals surface area (Å²) in [7, 11) is -3.38. The zero-order chi connectivity index (χ0) is 14.8. The largest absolute Gasteiger partial charge is 0.243 e. The number of halogens is 1. The lowest BCUT2D eigenvalue weighted by atomic mass is 9.97. The van der Waals surface area contributed by atoms with Gasteiger partial charge in [0.1, 0.15) is 0 Å². The lowest BCUT2D eigenvalue weighted by molar-refractivity contribution is 0.261. The predicted molar refractivity (Wildman–Crippen MR) is 82.5 cm³/mol. The maximum atomic E-state index is 12.7. The number of sulfonamides is 1. The highest BCUT2D eigenvalue weighted by Crippen LogP contribution is 2.26. The molecule has 1 saturated heterocycles. The molecule has 0 radical (unpaired) electrons. The van der Waals surface area contributed by atoms with Crippen molar-refractivity contribution >= 4 is 21.6 Å². The third kappa shape index (κ3) is 3.18. The number of aryl methyl sites for hydroxylation is 1. The van der Waals surface area contributed by atoms with Crippen LogP contribution in [0.4, 0.5) is 0 Å². The van der Waals surface area contributed by atoms with Crippen LogP contribution in [-0.2, 0) is 15.9 Å². The van der Waals surface area contributed by atoms with Gasteiger partial charge < -0.3 is 0 Å². The molecular weight excluding hydrogens is 294 g/mol. The van der Waals surface area contributed by atoms with Crippen LogP contribution in [-0.4, -0.2) is 25.8 Å². The molecule has 1 aliphatic heterocycles. The molecule has 1 atom stereocenters. The molecule has 0 amide bonds. The van der Waals surface area contributed by atoms with E-state index in [-0.39, 0.29) is 0 Å². The van der Waals surface area contributed by atoms with Gasteiger partial charge in [0.15, 0.2) is 0 Å². The van der Waals surface area contributed by atoms with Crippen LogP contribution in [0.5, 0.6) is 0 Å². The Hall–Kier alpha value is -0.580. The van der Waals surface area contributed by atoms with Crippen molar-refractivity contribution in [1.29, 1.82) is 0 Å². The van der Waals surface area contributed by atoms with Crippen molar-refractivity contribution in [2.24, 2.45) is 5.92 Å². The van der Waals surface area contributed by atoms with Gasteiger partial charge in [-0.15, -0.1) is 11.6 Å². The Kier molecular flexibility index (Phi) is 5.10. The highest BCUT2D eigenvalue weighted by atomic mass is 35.5. The van der Waals surface area contributed by atoms with Gasteiger partial charge in [-0.2, -0.15) is 4.31 Å². The van der Waals surface area contributed by atoms with E-state index in [2.05, 4.69) is 6.92 Å². The van der Waals surface area contributed by atoms with Crippen molar-refractivity contribution in [3.63, 3.8) is 0 Å². The summed E-state index contributed by atoms with van der Waals surface area (Å²) < 4.78 is 27.1.